The van der Waals surface area contributed by atoms with E-state index in [4.69, 9.17) is 16.0 Å². The van der Waals surface area contributed by atoms with E-state index in [0.29, 0.717) is 42.6 Å². The van der Waals surface area contributed by atoms with Crippen molar-refractivity contribution in [2.24, 2.45) is 11.3 Å². The van der Waals surface area contributed by atoms with Crippen molar-refractivity contribution >= 4 is 23.5 Å². The highest BCUT2D eigenvalue weighted by Crippen LogP contribution is 2.49. The molecule has 1 aliphatic heterocycles. The SMILES string of the molecule is O=C(CCc1ncc(-c2ccccc2Cl)o1)N1C[C@@H]2CCC[C@@]2(C(=O)O)C1. The van der Waals surface area contributed by atoms with Crippen LogP contribution in [0.15, 0.2) is 34.9 Å². The molecule has 27 heavy (non-hydrogen) atoms. The fraction of sp³-hybridized carbons (Fsp3) is 0.450. The van der Waals surface area contributed by atoms with E-state index in [-0.39, 0.29) is 18.2 Å². The van der Waals surface area contributed by atoms with Gasteiger partial charge in [-0.1, -0.05) is 30.2 Å². The fourth-order valence-electron chi connectivity index (χ4n) is 4.41. The molecule has 1 aromatic carbocycles. The minimum absolute atomic E-state index is 0.0393. The number of hydrogen-bond donors (Lipinski definition) is 1. The van der Waals surface area contributed by atoms with Crippen LogP contribution in [0.4, 0.5) is 0 Å². The van der Waals surface area contributed by atoms with Crippen LogP contribution in [0.1, 0.15) is 31.6 Å². The molecule has 2 aliphatic rings. The summed E-state index contributed by atoms with van der Waals surface area (Å²) in [5, 5.41) is 10.2. The number of oxazole rings is 1. The summed E-state index contributed by atoms with van der Waals surface area (Å²) in [6, 6.07) is 7.35. The summed E-state index contributed by atoms with van der Waals surface area (Å²) in [7, 11) is 0. The predicted molar refractivity (Wildman–Crippen MR) is 99.3 cm³/mol. The Balaban J connectivity index is 1.38. The zero-order valence-electron chi connectivity index (χ0n) is 14.9. The molecular weight excluding hydrogens is 368 g/mol. The van der Waals surface area contributed by atoms with E-state index in [1.54, 1.807) is 17.2 Å². The van der Waals surface area contributed by atoms with Crippen molar-refractivity contribution in [3.8, 4) is 11.3 Å². The summed E-state index contributed by atoms with van der Waals surface area (Å²) >= 11 is 6.17. The Kier molecular flexibility index (Phi) is 4.68. The summed E-state index contributed by atoms with van der Waals surface area (Å²) in [4.78, 5) is 30.3. The van der Waals surface area contributed by atoms with Gasteiger partial charge in [0.25, 0.3) is 0 Å². The highest BCUT2D eigenvalue weighted by atomic mass is 35.5. The molecule has 2 aromatic rings. The number of carboxylic acid groups (broad SMARTS) is 1. The monoisotopic (exact) mass is 388 g/mol. The third-order valence-corrected chi connectivity index (χ3v) is 6.22. The van der Waals surface area contributed by atoms with Gasteiger partial charge in [0.1, 0.15) is 0 Å². The van der Waals surface area contributed by atoms with Crippen molar-refractivity contribution in [2.45, 2.75) is 32.1 Å². The maximum atomic E-state index is 12.6. The van der Waals surface area contributed by atoms with E-state index in [0.717, 1.165) is 18.4 Å². The van der Waals surface area contributed by atoms with Gasteiger partial charge >= 0.3 is 5.97 Å². The minimum Gasteiger partial charge on any atom is -0.481 e. The lowest BCUT2D eigenvalue weighted by Gasteiger charge is -2.23. The molecule has 1 amide bonds. The van der Waals surface area contributed by atoms with Crippen molar-refractivity contribution in [3.63, 3.8) is 0 Å². The summed E-state index contributed by atoms with van der Waals surface area (Å²) < 4.78 is 5.74. The molecule has 6 nitrogen and oxygen atoms in total. The van der Waals surface area contributed by atoms with Crippen molar-refractivity contribution in [1.82, 2.24) is 9.88 Å². The van der Waals surface area contributed by atoms with Crippen molar-refractivity contribution in [3.05, 3.63) is 41.4 Å². The van der Waals surface area contributed by atoms with E-state index >= 15 is 0 Å². The minimum atomic E-state index is -0.766. The van der Waals surface area contributed by atoms with Gasteiger partial charge < -0.3 is 14.4 Å². The van der Waals surface area contributed by atoms with Gasteiger partial charge in [0.2, 0.25) is 5.91 Å². The first kappa shape index (κ1) is 18.0. The Morgan fingerprint density at radius 3 is 2.93 bits per heavy atom. The Morgan fingerprint density at radius 2 is 2.19 bits per heavy atom. The molecule has 0 bridgehead atoms. The van der Waals surface area contributed by atoms with Gasteiger partial charge in [0.05, 0.1) is 16.6 Å². The molecule has 2 fully saturated rings. The second-order valence-electron chi connectivity index (χ2n) is 7.42. The van der Waals surface area contributed by atoms with E-state index < -0.39 is 11.4 Å². The number of carbonyl (C=O) groups excluding carboxylic acids is 1. The Labute approximate surface area is 162 Å². The zero-order chi connectivity index (χ0) is 19.0. The Morgan fingerprint density at radius 1 is 1.37 bits per heavy atom. The lowest BCUT2D eigenvalue weighted by atomic mass is 9.81. The zero-order valence-corrected chi connectivity index (χ0v) is 15.6. The molecule has 0 radical (unpaired) electrons. The topological polar surface area (TPSA) is 83.6 Å². The number of aromatic nitrogens is 1. The molecule has 7 heteroatoms. The normalized spacial score (nSPS) is 24.2. The number of nitrogens with zero attached hydrogens (tertiary/aromatic N) is 2. The van der Waals surface area contributed by atoms with Gasteiger partial charge in [-0.2, -0.15) is 0 Å². The molecule has 0 unspecified atom stereocenters. The van der Waals surface area contributed by atoms with Crippen LogP contribution in [0.5, 0.6) is 0 Å². The first-order valence-corrected chi connectivity index (χ1v) is 9.58. The number of aliphatic carboxylic acids is 1. The van der Waals surface area contributed by atoms with Gasteiger partial charge in [0.15, 0.2) is 11.7 Å². The average molecular weight is 389 g/mol. The maximum absolute atomic E-state index is 12.6. The standard InChI is InChI=1S/C20H21ClN2O4/c21-15-6-2-1-5-14(15)16-10-22-17(27-16)7-8-18(24)23-11-13-4-3-9-20(13,12-23)19(25)26/h1-2,5-6,10,13H,3-4,7-9,11-12H2,(H,25,26)/t13-,20+/m0/s1. The lowest BCUT2D eigenvalue weighted by molar-refractivity contribution is -0.149. The number of fused-ring (bicyclic) bond motifs is 1. The third kappa shape index (κ3) is 3.23. The van der Waals surface area contributed by atoms with E-state index in [2.05, 4.69) is 4.98 Å². The van der Waals surface area contributed by atoms with Crippen LogP contribution < -0.4 is 0 Å². The van der Waals surface area contributed by atoms with Gasteiger partial charge in [-0.15, -0.1) is 0 Å². The number of likely N-dealkylation sites (tertiary alicyclic amines) is 1. The number of aryl methyl sites for hydroxylation is 1. The van der Waals surface area contributed by atoms with E-state index in [1.165, 1.54) is 0 Å². The number of amides is 1. The number of halogens is 1. The summed E-state index contributed by atoms with van der Waals surface area (Å²) in [6.07, 6.45) is 4.73. The van der Waals surface area contributed by atoms with Crippen LogP contribution in [0.3, 0.4) is 0 Å². The Hall–Kier alpha value is -2.34. The second-order valence-corrected chi connectivity index (χ2v) is 7.83. The van der Waals surface area contributed by atoms with Crippen LogP contribution in [0, 0.1) is 11.3 Å². The fourth-order valence-corrected chi connectivity index (χ4v) is 4.64. The molecule has 1 saturated carbocycles. The quantitative estimate of drug-likeness (QED) is 0.845. The largest absolute Gasteiger partial charge is 0.481 e. The number of hydrogen-bond acceptors (Lipinski definition) is 4. The van der Waals surface area contributed by atoms with Crippen LogP contribution in [0.25, 0.3) is 11.3 Å². The van der Waals surface area contributed by atoms with Crippen LogP contribution in [0.2, 0.25) is 5.02 Å². The molecule has 1 aliphatic carbocycles. The van der Waals surface area contributed by atoms with Crippen molar-refractivity contribution in [2.75, 3.05) is 13.1 Å². The number of carbonyl (C=O) groups is 2. The summed E-state index contributed by atoms with van der Waals surface area (Å²) in [5.41, 5.74) is 0.0236. The van der Waals surface area contributed by atoms with Crippen LogP contribution in [-0.4, -0.2) is 40.0 Å². The maximum Gasteiger partial charge on any atom is 0.311 e. The Bertz CT molecular complexity index is 880. The highest BCUT2D eigenvalue weighted by molar-refractivity contribution is 6.33. The van der Waals surface area contributed by atoms with E-state index in [1.807, 2.05) is 18.2 Å². The summed E-state index contributed by atoms with van der Waals surface area (Å²) in [6.45, 7) is 0.865. The van der Waals surface area contributed by atoms with Gasteiger partial charge in [-0.3, -0.25) is 9.59 Å². The molecular formula is C20H21ClN2O4. The first-order valence-electron chi connectivity index (χ1n) is 9.20. The second kappa shape index (κ2) is 7.00. The molecule has 2 heterocycles. The van der Waals surface area contributed by atoms with Crippen LogP contribution in [-0.2, 0) is 16.0 Å². The highest BCUT2D eigenvalue weighted by Gasteiger charge is 2.55. The molecule has 4 rings (SSSR count). The molecule has 1 aromatic heterocycles. The van der Waals surface area contributed by atoms with Gasteiger partial charge in [0, 0.05) is 31.5 Å². The van der Waals surface area contributed by atoms with Crippen molar-refractivity contribution < 1.29 is 19.1 Å². The van der Waals surface area contributed by atoms with E-state index in [9.17, 15) is 14.7 Å². The third-order valence-electron chi connectivity index (χ3n) is 5.89. The molecule has 1 N–H and O–H groups in total. The molecule has 2 atom stereocenters. The van der Waals surface area contributed by atoms with Crippen LogP contribution >= 0.6 is 11.6 Å². The number of carboxylic acids is 1. The summed E-state index contributed by atoms with van der Waals surface area (Å²) in [5.74, 6) is 0.321. The van der Waals surface area contributed by atoms with Gasteiger partial charge in [-0.05, 0) is 30.9 Å². The average Bonchev–Trinajstić information content (AvgIpc) is 3.34. The number of benzene rings is 1. The predicted octanol–water partition coefficient (Wildman–Crippen LogP) is 3.64. The lowest BCUT2D eigenvalue weighted by Crippen LogP contribution is -2.37. The molecule has 142 valence electrons. The number of rotatable bonds is 5. The first-order chi connectivity index (χ1) is 13.0. The molecule has 1 saturated heterocycles. The molecule has 0 spiro atoms. The van der Waals surface area contributed by atoms with Crippen molar-refractivity contribution in [1.29, 1.82) is 0 Å². The van der Waals surface area contributed by atoms with Gasteiger partial charge in [-0.25, -0.2) is 4.98 Å². The smallest absolute Gasteiger partial charge is 0.311 e.